The fourth-order valence-corrected chi connectivity index (χ4v) is 3.61. The third kappa shape index (κ3) is 17.1. The second-order valence-corrected chi connectivity index (χ2v) is 8.71. The maximum atomic E-state index is 8.98. The predicted molar refractivity (Wildman–Crippen MR) is 129 cm³/mol. The van der Waals surface area contributed by atoms with Gasteiger partial charge in [-0.05, 0) is 50.1 Å². The average molecular weight is 1080 g/mol. The van der Waals surface area contributed by atoms with Crippen LogP contribution in [0.3, 0.4) is 0 Å². The Labute approximate surface area is 320 Å². The maximum Gasteiger partial charge on any atom is 0 e. The molecule has 3 aromatic heterocycles. The van der Waals surface area contributed by atoms with Crippen LogP contribution in [0.5, 0.6) is 5.75 Å². The van der Waals surface area contributed by atoms with E-state index in [1.54, 1.807) is 24.5 Å². The summed E-state index contributed by atoms with van der Waals surface area (Å²) in [6.45, 7) is 2.31. The van der Waals surface area contributed by atoms with Crippen molar-refractivity contribution in [3.8, 4) is 5.75 Å². The Kier molecular flexibility index (Phi) is 32.3. The first kappa shape index (κ1) is 47.1. The average Bonchev–Trinajstić information content (AvgIpc) is 3.49. The molecule has 4 N–H and O–H groups in total. The Balaban J connectivity index is -0.000000211. The van der Waals surface area contributed by atoms with Crippen LogP contribution >= 0.6 is 31.9 Å². The van der Waals surface area contributed by atoms with Crippen molar-refractivity contribution in [2.24, 2.45) is 0 Å². The Bertz CT molecular complexity index is 1100. The minimum atomic E-state index is -1.44. The number of pyridine rings is 3. The minimum Gasteiger partial charge on any atom is 0 e. The van der Waals surface area contributed by atoms with Crippen LogP contribution in [0.1, 0.15) is 41.2 Å². The quantitative estimate of drug-likeness (QED) is 0.308. The number of aromatic nitrogens is 3. The summed E-state index contributed by atoms with van der Waals surface area (Å²) in [6, 6.07) is 5.48. The summed E-state index contributed by atoms with van der Waals surface area (Å²) in [5.41, 5.74) is 5.40. The number of aliphatic hydroxyl groups is 2. The van der Waals surface area contributed by atoms with Crippen LogP contribution in [0.4, 0.5) is 0 Å². The fourth-order valence-electron chi connectivity index (χ4n) is 2.85. The molecule has 17 heteroatoms. The van der Waals surface area contributed by atoms with Crippen LogP contribution in [-0.4, -0.2) is 35.7 Å². The number of hydrogen-bond donors (Lipinski definition) is 3. The van der Waals surface area contributed by atoms with E-state index in [2.05, 4.69) is 52.9 Å². The molecular formula is C22H26Br2KMnN3O8W2. The van der Waals surface area contributed by atoms with Crippen LogP contribution in [0.2, 0.25) is 0 Å². The molecule has 11 nitrogen and oxygen atoms in total. The zero-order chi connectivity index (χ0) is 24.9. The zero-order valence-electron chi connectivity index (χ0n) is 19.9. The number of fused-ring (bicyclic) bond motifs is 2. The van der Waals surface area contributed by atoms with E-state index in [1.807, 2.05) is 0 Å². The molecule has 5 rings (SSSR count). The third-order valence-corrected chi connectivity index (χ3v) is 5.28. The Morgan fingerprint density at radius 3 is 1.77 bits per heavy atom. The molecule has 0 aliphatic carbocycles. The van der Waals surface area contributed by atoms with Gasteiger partial charge in [-0.2, -0.15) is 0 Å². The summed E-state index contributed by atoms with van der Waals surface area (Å²) in [5, 5.41) is 26.5. The summed E-state index contributed by atoms with van der Waals surface area (Å²) in [7, 11) is 0. The molecule has 2 aliphatic heterocycles. The molecule has 0 aromatic carbocycles. The molecule has 3 aromatic rings. The number of rotatable bonds is 2. The predicted octanol–water partition coefficient (Wildman–Crippen LogP) is 0.739. The summed E-state index contributed by atoms with van der Waals surface area (Å²) in [4.78, 5) is 12.1. The molecule has 211 valence electrons. The minimum absolute atomic E-state index is 0. The van der Waals surface area contributed by atoms with Gasteiger partial charge in [-0.25, -0.2) is 0 Å². The van der Waals surface area contributed by atoms with Crippen molar-refractivity contribution in [2.45, 2.75) is 47.1 Å². The van der Waals surface area contributed by atoms with Gasteiger partial charge in [0.25, 0.3) is 0 Å². The van der Waals surface area contributed by atoms with E-state index < -0.39 is 14.8 Å². The summed E-state index contributed by atoms with van der Waals surface area (Å²) in [6.07, 6.45) is 4.83. The van der Waals surface area contributed by atoms with Crippen molar-refractivity contribution in [3.63, 3.8) is 0 Å². The smallest absolute Gasteiger partial charge is 0 e. The van der Waals surface area contributed by atoms with Gasteiger partial charge >= 0.3 is 73.9 Å². The second-order valence-electron chi connectivity index (χ2n) is 6.68. The molecule has 0 radical (unpaired) electrons. The van der Waals surface area contributed by atoms with Gasteiger partial charge in [-0.1, -0.05) is 7.43 Å². The van der Waals surface area contributed by atoms with Crippen LogP contribution in [0, 0.1) is 0 Å². The molecule has 0 spiro atoms. The van der Waals surface area contributed by atoms with Gasteiger partial charge in [0.15, 0.2) is 0 Å². The van der Waals surface area contributed by atoms with Crippen LogP contribution in [-0.2, 0) is 114 Å². The molecule has 39 heavy (non-hydrogen) atoms. The van der Waals surface area contributed by atoms with Crippen molar-refractivity contribution in [2.75, 3.05) is 0 Å². The molecule has 0 fully saturated rings. The number of aromatic hydroxyl groups is 1. The number of halogens is 2. The zero-order valence-corrected chi connectivity index (χ0v) is 33.3. The second kappa shape index (κ2) is 26.7. The Hall–Kier alpha value is 1.14. The monoisotopic (exact) mass is 1080 g/mol. The van der Waals surface area contributed by atoms with Gasteiger partial charge in [0.2, 0.25) is 0 Å². The fraction of sp³-hybridized carbons (Fsp3) is 0.318. The number of hydrogen-bond acceptors (Lipinski definition) is 11. The molecular weight excluding hydrogens is 1060 g/mol. The largest absolute Gasteiger partial charge is 0 e. The topological polar surface area (TPSA) is 182 Å². The molecule has 0 saturated heterocycles. The standard InChI is InChI=1S/C7H8BrNO2.C7H6BrNO.C7H7NO2.CH4.K.Mn.H2O.2O.2W/c8-6-1-5(3-10)7(4-11)9-2-6;8-6-1-5-3-10-4-7(5)9-2-6;9-6-1-5-3-10-4-7(5)8-2-6;;;;;;;;/h1-2,10-11H,3-4H2;1-2H,3-4H2;1-2,9H,3-4H2;1H4;;;1H2;;;;/q;;;;+1;;;;;;/p-1. The van der Waals surface area contributed by atoms with E-state index in [9.17, 15) is 0 Å². The van der Waals surface area contributed by atoms with Crippen molar-refractivity contribution in [1.29, 1.82) is 0 Å². The first-order valence-corrected chi connectivity index (χ1v) is 12.2. The van der Waals surface area contributed by atoms with E-state index in [4.69, 9.17) is 32.5 Å². The van der Waals surface area contributed by atoms with E-state index in [1.165, 1.54) is 11.8 Å². The van der Waals surface area contributed by atoms with Crippen LogP contribution in [0.15, 0.2) is 45.7 Å². The van der Waals surface area contributed by atoms with Gasteiger partial charge in [-0.3, -0.25) is 15.0 Å². The summed E-state index contributed by atoms with van der Waals surface area (Å²) in [5.74, 6) is 0.212. The molecule has 5 heterocycles. The summed E-state index contributed by atoms with van der Waals surface area (Å²) < 4.78 is 28.9. The first-order chi connectivity index (χ1) is 16.4. The van der Waals surface area contributed by atoms with Crippen LogP contribution in [0.25, 0.3) is 0 Å². The van der Waals surface area contributed by atoms with Crippen molar-refractivity contribution >= 4 is 31.9 Å². The van der Waals surface area contributed by atoms with Gasteiger partial charge in [-0.15, -0.1) is 0 Å². The number of aliphatic hydroxyl groups excluding tert-OH is 2. The molecule has 0 amide bonds. The number of nitrogens with zero attached hydrogens (tertiary/aromatic N) is 3. The van der Waals surface area contributed by atoms with E-state index in [-0.39, 0.29) is 125 Å². The first-order valence-electron chi connectivity index (χ1n) is 9.61. The van der Waals surface area contributed by atoms with Gasteiger partial charge < -0.3 is 30.3 Å². The van der Waals surface area contributed by atoms with E-state index in [0.29, 0.717) is 37.7 Å². The summed E-state index contributed by atoms with van der Waals surface area (Å²) >= 11 is 5.12. The van der Waals surface area contributed by atoms with Crippen molar-refractivity contribution in [1.82, 2.24) is 15.0 Å². The van der Waals surface area contributed by atoms with Crippen molar-refractivity contribution in [3.05, 3.63) is 79.5 Å². The van der Waals surface area contributed by atoms with Gasteiger partial charge in [0, 0.05) is 80.2 Å². The van der Waals surface area contributed by atoms with Crippen molar-refractivity contribution < 1.29 is 146 Å². The molecule has 0 bridgehead atoms. The number of ether oxygens (including phenoxy) is 2. The van der Waals surface area contributed by atoms with E-state index in [0.717, 1.165) is 25.9 Å². The molecule has 0 saturated carbocycles. The maximum absolute atomic E-state index is 8.98. The molecule has 0 atom stereocenters. The Morgan fingerprint density at radius 1 is 0.795 bits per heavy atom. The Morgan fingerprint density at radius 2 is 1.26 bits per heavy atom. The van der Waals surface area contributed by atoms with E-state index >= 15 is 0 Å². The SMILES string of the molecule is Brc1cnc2c(c1)COC2.C.OCc1cc(Br)cnc1CO.Oc1cnc2c(c1)COC2.[K+].[OH-].[O]=[Mn]=[O].[W].[W]. The molecule has 2 aliphatic rings. The van der Waals surface area contributed by atoms with Gasteiger partial charge in [0.1, 0.15) is 5.75 Å². The van der Waals surface area contributed by atoms with Crippen LogP contribution < -0.4 is 51.4 Å². The van der Waals surface area contributed by atoms with Gasteiger partial charge in [0.05, 0.1) is 62.9 Å². The normalized spacial score (nSPS) is 11.0. The molecule has 0 unspecified atom stereocenters. The third-order valence-electron chi connectivity index (χ3n) is 4.41.